The van der Waals surface area contributed by atoms with E-state index < -0.39 is 17.8 Å². The van der Waals surface area contributed by atoms with Crippen LogP contribution < -0.4 is 0 Å². The van der Waals surface area contributed by atoms with Crippen LogP contribution in [0.4, 0.5) is 13.2 Å². The standard InChI is InChI=1S/C15H16F3NO/c16-15(17,18)12-5-2-1-4-11(12)13-6-3-9-19(13)14(20)10-7-8-10/h1-2,4-5,10,13H,3,6-9H2. The van der Waals surface area contributed by atoms with E-state index in [9.17, 15) is 18.0 Å². The third-order valence-corrected chi connectivity index (χ3v) is 4.09. The Morgan fingerprint density at radius 3 is 2.50 bits per heavy atom. The Bertz CT molecular complexity index is 522. The van der Waals surface area contributed by atoms with Gasteiger partial charge in [-0.05, 0) is 37.3 Å². The van der Waals surface area contributed by atoms with Gasteiger partial charge in [0.2, 0.25) is 5.91 Å². The van der Waals surface area contributed by atoms with Crippen LogP contribution in [0.2, 0.25) is 0 Å². The molecule has 1 saturated heterocycles. The zero-order valence-corrected chi connectivity index (χ0v) is 11.0. The van der Waals surface area contributed by atoms with Gasteiger partial charge in [-0.2, -0.15) is 13.2 Å². The highest BCUT2D eigenvalue weighted by Gasteiger charge is 2.42. The van der Waals surface area contributed by atoms with E-state index >= 15 is 0 Å². The number of carbonyl (C=O) groups excluding carboxylic acids is 1. The van der Waals surface area contributed by atoms with Crippen LogP contribution in [0, 0.1) is 5.92 Å². The molecular formula is C15H16F3NO. The molecule has 1 unspecified atom stereocenters. The highest BCUT2D eigenvalue weighted by Crippen LogP contribution is 2.42. The minimum atomic E-state index is -4.37. The van der Waals surface area contributed by atoms with Crippen LogP contribution >= 0.6 is 0 Å². The van der Waals surface area contributed by atoms with Crippen LogP contribution in [0.3, 0.4) is 0 Å². The smallest absolute Gasteiger partial charge is 0.335 e. The molecule has 1 atom stereocenters. The van der Waals surface area contributed by atoms with Crippen molar-refractivity contribution < 1.29 is 18.0 Å². The number of halogens is 3. The lowest BCUT2D eigenvalue weighted by atomic mass is 9.98. The fourth-order valence-corrected chi connectivity index (χ4v) is 2.96. The molecule has 1 saturated carbocycles. The summed E-state index contributed by atoms with van der Waals surface area (Å²) in [7, 11) is 0. The van der Waals surface area contributed by atoms with Crippen LogP contribution in [-0.2, 0) is 11.0 Å². The summed E-state index contributed by atoms with van der Waals surface area (Å²) in [6, 6.07) is 5.21. The molecule has 1 amide bonds. The van der Waals surface area contributed by atoms with Gasteiger partial charge >= 0.3 is 6.18 Å². The molecule has 5 heteroatoms. The van der Waals surface area contributed by atoms with Crippen LogP contribution in [0.25, 0.3) is 0 Å². The SMILES string of the molecule is O=C(C1CC1)N1CCCC1c1ccccc1C(F)(F)F. The second-order valence-electron chi connectivity index (χ2n) is 5.55. The summed E-state index contributed by atoms with van der Waals surface area (Å²) in [6.45, 7) is 0.576. The molecule has 2 aliphatic rings. The van der Waals surface area contributed by atoms with E-state index in [4.69, 9.17) is 0 Å². The third kappa shape index (κ3) is 2.41. The molecule has 0 aromatic heterocycles. The van der Waals surface area contributed by atoms with E-state index in [1.54, 1.807) is 11.0 Å². The Kier molecular flexibility index (Phi) is 3.22. The number of amides is 1. The van der Waals surface area contributed by atoms with Gasteiger partial charge in [-0.3, -0.25) is 4.79 Å². The average molecular weight is 283 g/mol. The fraction of sp³-hybridized carbons (Fsp3) is 0.533. The summed E-state index contributed by atoms with van der Waals surface area (Å²) in [5.74, 6) is 0.0816. The second kappa shape index (κ2) is 4.79. The van der Waals surface area contributed by atoms with Crippen molar-refractivity contribution in [1.29, 1.82) is 0 Å². The molecule has 2 nitrogen and oxygen atoms in total. The average Bonchev–Trinajstić information content (AvgIpc) is 3.14. The maximum Gasteiger partial charge on any atom is 0.416 e. The highest BCUT2D eigenvalue weighted by molar-refractivity contribution is 5.81. The van der Waals surface area contributed by atoms with Crippen molar-refractivity contribution in [2.75, 3.05) is 6.54 Å². The highest BCUT2D eigenvalue weighted by atomic mass is 19.4. The first kappa shape index (κ1) is 13.5. The molecule has 108 valence electrons. The number of nitrogens with zero attached hydrogens (tertiary/aromatic N) is 1. The number of carbonyl (C=O) groups is 1. The van der Waals surface area contributed by atoms with Crippen molar-refractivity contribution in [2.24, 2.45) is 5.92 Å². The van der Waals surface area contributed by atoms with Crippen LogP contribution in [-0.4, -0.2) is 17.4 Å². The normalized spacial score (nSPS) is 23.1. The van der Waals surface area contributed by atoms with Gasteiger partial charge in [0.1, 0.15) is 0 Å². The first-order valence-corrected chi connectivity index (χ1v) is 6.95. The van der Waals surface area contributed by atoms with Crippen molar-refractivity contribution in [3.63, 3.8) is 0 Å². The van der Waals surface area contributed by atoms with Crippen molar-refractivity contribution in [2.45, 2.75) is 37.9 Å². The maximum atomic E-state index is 13.1. The van der Waals surface area contributed by atoms with E-state index in [-0.39, 0.29) is 17.4 Å². The predicted octanol–water partition coefficient (Wildman–Crippen LogP) is 3.78. The molecule has 0 radical (unpaired) electrons. The Morgan fingerprint density at radius 1 is 1.15 bits per heavy atom. The minimum Gasteiger partial charge on any atom is -0.335 e. The Labute approximate surface area is 115 Å². The maximum absolute atomic E-state index is 13.1. The summed E-state index contributed by atoms with van der Waals surface area (Å²) in [4.78, 5) is 13.9. The fourth-order valence-electron chi connectivity index (χ4n) is 2.96. The summed E-state index contributed by atoms with van der Waals surface area (Å²) in [5, 5.41) is 0. The quantitative estimate of drug-likeness (QED) is 0.809. The Hall–Kier alpha value is -1.52. The number of hydrogen-bond donors (Lipinski definition) is 0. The predicted molar refractivity (Wildman–Crippen MR) is 67.9 cm³/mol. The molecule has 3 rings (SSSR count). The van der Waals surface area contributed by atoms with Crippen LogP contribution in [0.5, 0.6) is 0 Å². The first-order valence-electron chi connectivity index (χ1n) is 6.95. The van der Waals surface area contributed by atoms with Gasteiger partial charge in [0.25, 0.3) is 0 Å². The van der Waals surface area contributed by atoms with Crippen molar-refractivity contribution in [3.05, 3.63) is 35.4 Å². The zero-order valence-electron chi connectivity index (χ0n) is 11.0. The molecule has 1 heterocycles. The lowest BCUT2D eigenvalue weighted by Gasteiger charge is -2.27. The van der Waals surface area contributed by atoms with E-state index in [0.29, 0.717) is 13.0 Å². The lowest BCUT2D eigenvalue weighted by Crippen LogP contribution is -2.32. The molecular weight excluding hydrogens is 267 g/mol. The zero-order chi connectivity index (χ0) is 14.3. The Balaban J connectivity index is 1.93. The molecule has 20 heavy (non-hydrogen) atoms. The monoisotopic (exact) mass is 283 g/mol. The molecule has 0 N–H and O–H groups in total. The van der Waals surface area contributed by atoms with Gasteiger partial charge in [0.15, 0.2) is 0 Å². The lowest BCUT2D eigenvalue weighted by molar-refractivity contribution is -0.140. The molecule has 1 aliphatic heterocycles. The number of likely N-dealkylation sites (tertiary alicyclic amines) is 1. The summed E-state index contributed by atoms with van der Waals surface area (Å²) in [6.07, 6.45) is -1.22. The Morgan fingerprint density at radius 2 is 1.85 bits per heavy atom. The summed E-state index contributed by atoms with van der Waals surface area (Å²) < 4.78 is 39.3. The van der Waals surface area contributed by atoms with Crippen LogP contribution in [0.15, 0.2) is 24.3 Å². The number of benzene rings is 1. The van der Waals surface area contributed by atoms with E-state index in [2.05, 4.69) is 0 Å². The minimum absolute atomic E-state index is 0.0319. The van der Waals surface area contributed by atoms with Gasteiger partial charge in [-0.15, -0.1) is 0 Å². The largest absolute Gasteiger partial charge is 0.416 e. The number of rotatable bonds is 2. The molecule has 1 aliphatic carbocycles. The molecule has 0 spiro atoms. The van der Waals surface area contributed by atoms with Crippen molar-refractivity contribution in [3.8, 4) is 0 Å². The summed E-state index contributed by atoms with van der Waals surface area (Å²) in [5.41, 5.74) is -0.369. The molecule has 2 fully saturated rings. The van der Waals surface area contributed by atoms with Crippen molar-refractivity contribution >= 4 is 5.91 Å². The van der Waals surface area contributed by atoms with E-state index in [0.717, 1.165) is 25.3 Å². The van der Waals surface area contributed by atoms with Gasteiger partial charge in [-0.25, -0.2) is 0 Å². The van der Waals surface area contributed by atoms with Crippen LogP contribution in [0.1, 0.15) is 42.9 Å². The number of hydrogen-bond acceptors (Lipinski definition) is 1. The van der Waals surface area contributed by atoms with Crippen molar-refractivity contribution in [1.82, 2.24) is 4.90 Å². The first-order chi connectivity index (χ1) is 9.48. The summed E-state index contributed by atoms with van der Waals surface area (Å²) >= 11 is 0. The van der Waals surface area contributed by atoms with Gasteiger partial charge in [-0.1, -0.05) is 18.2 Å². The van der Waals surface area contributed by atoms with E-state index in [1.807, 2.05) is 0 Å². The van der Waals surface area contributed by atoms with Gasteiger partial charge in [0, 0.05) is 12.5 Å². The number of alkyl halides is 3. The van der Waals surface area contributed by atoms with E-state index in [1.165, 1.54) is 12.1 Å². The van der Waals surface area contributed by atoms with Gasteiger partial charge in [0.05, 0.1) is 11.6 Å². The molecule has 1 aromatic rings. The molecule has 0 bridgehead atoms. The second-order valence-corrected chi connectivity index (χ2v) is 5.55. The third-order valence-electron chi connectivity index (χ3n) is 4.09. The van der Waals surface area contributed by atoms with Gasteiger partial charge < -0.3 is 4.90 Å². The molecule has 1 aromatic carbocycles. The topological polar surface area (TPSA) is 20.3 Å².